The van der Waals surface area contributed by atoms with E-state index in [0.29, 0.717) is 11.5 Å². The van der Waals surface area contributed by atoms with Crippen molar-refractivity contribution >= 4 is 43.6 Å². The van der Waals surface area contributed by atoms with Gasteiger partial charge in [-0.2, -0.15) is 0 Å². The Balaban J connectivity index is 1.56. The smallest absolute Gasteiger partial charge is 0.165 e. The number of rotatable bonds is 3. The van der Waals surface area contributed by atoms with Gasteiger partial charge >= 0.3 is 0 Å². The molecule has 39 heavy (non-hydrogen) atoms. The van der Waals surface area contributed by atoms with Crippen LogP contribution in [0.25, 0.3) is 71.9 Å². The summed E-state index contributed by atoms with van der Waals surface area (Å²) in [7, 11) is 0. The molecule has 5 aromatic carbocycles. The summed E-state index contributed by atoms with van der Waals surface area (Å²) in [6, 6.07) is 44.4. The number of pyridine rings is 1. The number of benzene rings is 5. The summed E-state index contributed by atoms with van der Waals surface area (Å²) in [4.78, 5) is 14.7. The molecule has 0 aliphatic rings. The third-order valence-electron chi connectivity index (χ3n) is 7.44. The summed E-state index contributed by atoms with van der Waals surface area (Å²) in [5.74, 6) is 1.49. The Kier molecular flexibility index (Phi) is 4.79. The average Bonchev–Trinajstić information content (AvgIpc) is 3.33. The predicted molar refractivity (Wildman–Crippen MR) is 160 cm³/mol. The lowest BCUT2D eigenvalue weighted by Gasteiger charge is -2.12. The molecule has 0 spiro atoms. The minimum Gasteiger partial charge on any atom is -0.293 e. The summed E-state index contributed by atoms with van der Waals surface area (Å²) in [5.41, 5.74) is 6.24. The van der Waals surface area contributed by atoms with Crippen LogP contribution in [-0.2, 0) is 0 Å². The average molecular weight is 499 g/mol. The monoisotopic (exact) mass is 498 g/mol. The Hall–Kier alpha value is -5.35. The van der Waals surface area contributed by atoms with Gasteiger partial charge < -0.3 is 0 Å². The van der Waals surface area contributed by atoms with E-state index in [9.17, 15) is 0 Å². The van der Waals surface area contributed by atoms with Gasteiger partial charge in [0.2, 0.25) is 0 Å². The van der Waals surface area contributed by atoms with Crippen molar-refractivity contribution in [2.75, 3.05) is 0 Å². The van der Waals surface area contributed by atoms with Crippen LogP contribution < -0.4 is 0 Å². The molecule has 0 aliphatic carbocycles. The van der Waals surface area contributed by atoms with E-state index >= 15 is 0 Å². The molecule has 0 saturated carbocycles. The molecule has 0 aliphatic heterocycles. The van der Waals surface area contributed by atoms with Crippen LogP contribution >= 0.6 is 0 Å². The zero-order chi connectivity index (χ0) is 25.8. The fraction of sp³-hybridized carbons (Fsp3) is 0. The van der Waals surface area contributed by atoms with Crippen molar-refractivity contribution in [1.29, 1.82) is 0 Å². The lowest BCUT2D eigenvalue weighted by Crippen LogP contribution is -2.03. The Morgan fingerprint density at radius 2 is 1.23 bits per heavy atom. The normalized spacial score (nSPS) is 11.6. The Morgan fingerprint density at radius 3 is 2.03 bits per heavy atom. The second-order valence-electron chi connectivity index (χ2n) is 9.73. The standard InChI is InChI=1S/C35H22N4/c1-3-11-23(12-4-1)27-17-9-19-30-32(27)29-21-25-15-7-8-16-26(25)22-31(29)39(30)35-28-18-10-20-36-34(28)37-33(38-35)24-13-5-2-6-14-24/h1-22H. The van der Waals surface area contributed by atoms with Crippen LogP contribution in [0.15, 0.2) is 134 Å². The van der Waals surface area contributed by atoms with Gasteiger partial charge in [-0.15, -0.1) is 0 Å². The van der Waals surface area contributed by atoms with Crippen molar-refractivity contribution in [2.45, 2.75) is 0 Å². The van der Waals surface area contributed by atoms with Gasteiger partial charge in [0, 0.05) is 22.5 Å². The van der Waals surface area contributed by atoms with Gasteiger partial charge in [0.1, 0.15) is 0 Å². The van der Waals surface area contributed by atoms with Crippen molar-refractivity contribution in [3.05, 3.63) is 134 Å². The molecule has 3 aromatic heterocycles. The summed E-state index contributed by atoms with van der Waals surface area (Å²) in [6.45, 7) is 0. The van der Waals surface area contributed by atoms with Crippen LogP contribution in [0.3, 0.4) is 0 Å². The van der Waals surface area contributed by atoms with Crippen molar-refractivity contribution in [3.63, 3.8) is 0 Å². The zero-order valence-corrected chi connectivity index (χ0v) is 21.0. The Bertz CT molecular complexity index is 2160. The van der Waals surface area contributed by atoms with Crippen molar-refractivity contribution in [3.8, 4) is 28.3 Å². The minimum atomic E-state index is 0.659. The number of hydrogen-bond donors (Lipinski definition) is 0. The van der Waals surface area contributed by atoms with Crippen LogP contribution in [0, 0.1) is 0 Å². The van der Waals surface area contributed by atoms with Crippen LogP contribution in [0.4, 0.5) is 0 Å². The topological polar surface area (TPSA) is 43.6 Å². The maximum Gasteiger partial charge on any atom is 0.165 e. The largest absolute Gasteiger partial charge is 0.293 e. The van der Waals surface area contributed by atoms with Crippen molar-refractivity contribution < 1.29 is 0 Å². The van der Waals surface area contributed by atoms with Crippen LogP contribution in [0.2, 0.25) is 0 Å². The molecule has 0 N–H and O–H groups in total. The van der Waals surface area contributed by atoms with E-state index < -0.39 is 0 Å². The highest BCUT2D eigenvalue weighted by atomic mass is 15.1. The molecule has 4 heteroatoms. The predicted octanol–water partition coefficient (Wildman–Crippen LogP) is 8.61. The quantitative estimate of drug-likeness (QED) is 0.245. The van der Waals surface area contributed by atoms with E-state index in [1.165, 1.54) is 32.7 Å². The molecule has 0 amide bonds. The van der Waals surface area contributed by atoms with Gasteiger partial charge in [0.25, 0.3) is 0 Å². The van der Waals surface area contributed by atoms with Crippen molar-refractivity contribution in [2.24, 2.45) is 0 Å². The maximum atomic E-state index is 5.21. The molecule has 3 heterocycles. The van der Waals surface area contributed by atoms with Gasteiger partial charge in [-0.25, -0.2) is 15.0 Å². The van der Waals surface area contributed by atoms with Gasteiger partial charge in [-0.3, -0.25) is 4.57 Å². The molecule has 0 fully saturated rings. The molecule has 0 bridgehead atoms. The van der Waals surface area contributed by atoms with E-state index in [1.807, 2.05) is 36.4 Å². The fourth-order valence-electron chi connectivity index (χ4n) is 5.67. The minimum absolute atomic E-state index is 0.659. The first-order valence-electron chi connectivity index (χ1n) is 13.0. The summed E-state index contributed by atoms with van der Waals surface area (Å²) < 4.78 is 2.29. The highest BCUT2D eigenvalue weighted by Crippen LogP contribution is 2.40. The van der Waals surface area contributed by atoms with Gasteiger partial charge in [-0.05, 0) is 52.2 Å². The molecule has 0 atom stereocenters. The first-order valence-corrected chi connectivity index (χ1v) is 13.0. The first kappa shape index (κ1) is 21.7. The Labute approximate surface area is 224 Å². The molecule has 182 valence electrons. The lowest BCUT2D eigenvalue weighted by atomic mass is 9.98. The van der Waals surface area contributed by atoms with Crippen LogP contribution in [-0.4, -0.2) is 19.5 Å². The number of nitrogens with zero attached hydrogens (tertiary/aromatic N) is 4. The van der Waals surface area contributed by atoms with Crippen molar-refractivity contribution in [1.82, 2.24) is 19.5 Å². The fourth-order valence-corrected chi connectivity index (χ4v) is 5.67. The molecular weight excluding hydrogens is 476 g/mol. The third-order valence-corrected chi connectivity index (χ3v) is 7.44. The highest BCUT2D eigenvalue weighted by Gasteiger charge is 2.20. The lowest BCUT2D eigenvalue weighted by molar-refractivity contribution is 1.07. The second-order valence-corrected chi connectivity index (χ2v) is 9.73. The maximum absolute atomic E-state index is 5.21. The molecule has 8 aromatic rings. The molecule has 8 rings (SSSR count). The van der Waals surface area contributed by atoms with Crippen LogP contribution in [0.1, 0.15) is 0 Å². The SMILES string of the molecule is c1ccc(-c2nc(-n3c4cc5ccccc5cc4c4c(-c5ccccc5)cccc43)c3cccnc3n2)cc1. The van der Waals surface area contributed by atoms with E-state index in [-0.39, 0.29) is 0 Å². The zero-order valence-electron chi connectivity index (χ0n) is 21.0. The summed E-state index contributed by atoms with van der Waals surface area (Å²) >= 11 is 0. The number of aromatic nitrogens is 4. The van der Waals surface area contributed by atoms with E-state index in [1.54, 1.807) is 6.20 Å². The molecule has 0 radical (unpaired) electrons. The summed E-state index contributed by atoms with van der Waals surface area (Å²) in [6.07, 6.45) is 1.79. The molecule has 4 nitrogen and oxygen atoms in total. The van der Waals surface area contributed by atoms with Crippen LogP contribution in [0.5, 0.6) is 0 Å². The molecule has 0 unspecified atom stereocenters. The molecule has 0 saturated heterocycles. The van der Waals surface area contributed by atoms with E-state index in [4.69, 9.17) is 9.97 Å². The second kappa shape index (κ2) is 8.61. The van der Waals surface area contributed by atoms with Gasteiger partial charge in [0.15, 0.2) is 17.3 Å². The van der Waals surface area contributed by atoms with E-state index in [2.05, 4.69) is 101 Å². The Morgan fingerprint density at radius 1 is 0.513 bits per heavy atom. The van der Waals surface area contributed by atoms with Gasteiger partial charge in [0.05, 0.1) is 16.4 Å². The summed E-state index contributed by atoms with van der Waals surface area (Å²) in [5, 5.41) is 5.72. The number of fused-ring (bicyclic) bond motifs is 5. The van der Waals surface area contributed by atoms with Gasteiger partial charge in [-0.1, -0.05) is 97.1 Å². The third kappa shape index (κ3) is 3.42. The highest BCUT2D eigenvalue weighted by molar-refractivity contribution is 6.19. The molecular formula is C35H22N4. The number of hydrogen-bond acceptors (Lipinski definition) is 3. The first-order chi connectivity index (χ1) is 19.3. The van der Waals surface area contributed by atoms with E-state index in [0.717, 1.165) is 27.8 Å².